The van der Waals surface area contributed by atoms with Crippen LogP contribution in [0.4, 0.5) is 0 Å². The van der Waals surface area contributed by atoms with Gasteiger partial charge in [0.15, 0.2) is 5.16 Å². The number of thioether (sulfide) groups is 1. The van der Waals surface area contributed by atoms with Crippen LogP contribution in [-0.4, -0.2) is 33.2 Å². The highest BCUT2D eigenvalue weighted by Crippen LogP contribution is 2.18. The first-order chi connectivity index (χ1) is 15.5. The first-order valence-electron chi connectivity index (χ1n) is 10.7. The summed E-state index contributed by atoms with van der Waals surface area (Å²) in [5, 5.41) is 6.71. The Bertz CT molecular complexity index is 1110. The number of carbonyl (C=O) groups is 2. The third-order valence-electron chi connectivity index (χ3n) is 5.00. The molecule has 9 heteroatoms. The van der Waals surface area contributed by atoms with E-state index >= 15 is 0 Å². The van der Waals surface area contributed by atoms with Gasteiger partial charge in [0, 0.05) is 19.0 Å². The molecule has 3 aromatic rings. The van der Waals surface area contributed by atoms with Crippen LogP contribution >= 0.6 is 11.8 Å². The zero-order valence-corrected chi connectivity index (χ0v) is 19.1. The number of amides is 2. The molecule has 8 nitrogen and oxygen atoms in total. The molecule has 3 rings (SSSR count). The van der Waals surface area contributed by atoms with E-state index in [2.05, 4.69) is 15.6 Å². The fourth-order valence-electron chi connectivity index (χ4n) is 3.09. The van der Waals surface area contributed by atoms with Gasteiger partial charge in [0.2, 0.25) is 11.8 Å². The summed E-state index contributed by atoms with van der Waals surface area (Å²) >= 11 is 1.23. The van der Waals surface area contributed by atoms with E-state index in [-0.39, 0.29) is 35.6 Å². The van der Waals surface area contributed by atoms with Gasteiger partial charge >= 0.3 is 0 Å². The Morgan fingerprint density at radius 1 is 1.19 bits per heavy atom. The Morgan fingerprint density at radius 2 is 2.00 bits per heavy atom. The first kappa shape index (κ1) is 23.6. The zero-order valence-electron chi connectivity index (χ0n) is 18.3. The van der Waals surface area contributed by atoms with E-state index in [1.165, 1.54) is 11.8 Å². The molecule has 0 aliphatic rings. The molecule has 1 aromatic carbocycles. The number of furan rings is 1. The number of rotatable bonds is 11. The molecule has 0 spiro atoms. The van der Waals surface area contributed by atoms with Gasteiger partial charge < -0.3 is 15.1 Å². The van der Waals surface area contributed by atoms with Gasteiger partial charge in [-0.3, -0.25) is 19.0 Å². The normalized spacial score (nSPS) is 11.9. The maximum Gasteiger partial charge on any atom is 0.262 e. The third-order valence-corrected chi connectivity index (χ3v) is 5.98. The Morgan fingerprint density at radius 3 is 2.75 bits per heavy atom. The predicted molar refractivity (Wildman–Crippen MR) is 124 cm³/mol. The van der Waals surface area contributed by atoms with E-state index < -0.39 is 0 Å². The van der Waals surface area contributed by atoms with Crippen LogP contribution in [0.3, 0.4) is 0 Å². The van der Waals surface area contributed by atoms with Crippen molar-refractivity contribution < 1.29 is 14.0 Å². The summed E-state index contributed by atoms with van der Waals surface area (Å²) < 4.78 is 6.76. The van der Waals surface area contributed by atoms with Crippen molar-refractivity contribution in [1.29, 1.82) is 0 Å². The maximum absolute atomic E-state index is 13.1. The average molecular weight is 457 g/mol. The Hall–Kier alpha value is -3.07. The van der Waals surface area contributed by atoms with E-state index in [0.29, 0.717) is 41.3 Å². The van der Waals surface area contributed by atoms with Gasteiger partial charge in [-0.2, -0.15) is 0 Å². The molecule has 2 N–H and O–H groups in total. The average Bonchev–Trinajstić information content (AvgIpc) is 3.31. The molecule has 0 unspecified atom stereocenters. The zero-order chi connectivity index (χ0) is 22.9. The topological polar surface area (TPSA) is 106 Å². The van der Waals surface area contributed by atoms with Crippen molar-refractivity contribution in [1.82, 2.24) is 20.2 Å². The minimum absolute atomic E-state index is 0.0922. The van der Waals surface area contributed by atoms with Crippen molar-refractivity contribution in [2.75, 3.05) is 5.75 Å². The van der Waals surface area contributed by atoms with Crippen LogP contribution < -0.4 is 16.2 Å². The molecule has 0 bridgehead atoms. The molecule has 2 amide bonds. The van der Waals surface area contributed by atoms with Gasteiger partial charge in [-0.15, -0.1) is 0 Å². The Balaban J connectivity index is 1.67. The van der Waals surface area contributed by atoms with Crippen molar-refractivity contribution in [2.45, 2.75) is 57.4 Å². The smallest absolute Gasteiger partial charge is 0.262 e. The van der Waals surface area contributed by atoms with Crippen LogP contribution in [0.2, 0.25) is 0 Å². The molecular weight excluding hydrogens is 428 g/mol. The number of nitrogens with one attached hydrogen (secondary N) is 2. The van der Waals surface area contributed by atoms with Crippen molar-refractivity contribution in [3.05, 3.63) is 58.8 Å². The fraction of sp³-hybridized carbons (Fsp3) is 0.391. The lowest BCUT2D eigenvalue weighted by atomic mass is 10.2. The van der Waals surface area contributed by atoms with Crippen LogP contribution in [0.25, 0.3) is 10.9 Å². The molecule has 0 fully saturated rings. The van der Waals surface area contributed by atoms with Crippen LogP contribution in [-0.2, 0) is 22.7 Å². The summed E-state index contributed by atoms with van der Waals surface area (Å²) in [5.74, 6) is 0.627. The SMILES string of the molecule is CC[C@@H](C)NC(=O)CSc1nc2ccccc2c(=O)n1CCCC(=O)NCc1ccco1. The number of benzene rings is 1. The van der Waals surface area contributed by atoms with Crippen LogP contribution in [0.15, 0.2) is 57.0 Å². The van der Waals surface area contributed by atoms with Gasteiger partial charge in [0.05, 0.1) is 29.5 Å². The molecule has 170 valence electrons. The summed E-state index contributed by atoms with van der Waals surface area (Å²) in [6, 6.07) is 10.8. The summed E-state index contributed by atoms with van der Waals surface area (Å²) in [5.41, 5.74) is 0.422. The largest absolute Gasteiger partial charge is 0.467 e. The molecule has 0 saturated carbocycles. The fourth-order valence-corrected chi connectivity index (χ4v) is 3.93. The van der Waals surface area contributed by atoms with E-state index in [4.69, 9.17) is 4.42 Å². The van der Waals surface area contributed by atoms with E-state index in [9.17, 15) is 14.4 Å². The molecule has 0 aliphatic heterocycles. The molecule has 0 aliphatic carbocycles. The van der Waals surface area contributed by atoms with Gasteiger partial charge in [-0.05, 0) is 44.0 Å². The third kappa shape index (κ3) is 6.46. The molecule has 32 heavy (non-hydrogen) atoms. The second kappa shape index (κ2) is 11.5. The van der Waals surface area contributed by atoms with E-state index in [0.717, 1.165) is 6.42 Å². The van der Waals surface area contributed by atoms with Crippen LogP contribution in [0, 0.1) is 0 Å². The number of aromatic nitrogens is 2. The van der Waals surface area contributed by atoms with Crippen molar-refractivity contribution >= 4 is 34.5 Å². The summed E-state index contributed by atoms with van der Waals surface area (Å²) in [7, 11) is 0. The monoisotopic (exact) mass is 456 g/mol. The van der Waals surface area contributed by atoms with Gasteiger partial charge in [-0.1, -0.05) is 30.8 Å². The van der Waals surface area contributed by atoms with E-state index in [1.807, 2.05) is 19.9 Å². The number of para-hydroxylation sites is 1. The minimum Gasteiger partial charge on any atom is -0.467 e. The summed E-state index contributed by atoms with van der Waals surface area (Å²) in [6.45, 7) is 4.62. The van der Waals surface area contributed by atoms with Gasteiger partial charge in [0.25, 0.3) is 5.56 Å². The highest BCUT2D eigenvalue weighted by Gasteiger charge is 2.14. The molecular formula is C23H28N4O4S. The van der Waals surface area contributed by atoms with Crippen molar-refractivity contribution in [3.8, 4) is 0 Å². The van der Waals surface area contributed by atoms with Gasteiger partial charge in [-0.25, -0.2) is 4.98 Å². The van der Waals surface area contributed by atoms with Crippen LogP contribution in [0.5, 0.6) is 0 Å². The highest BCUT2D eigenvalue weighted by molar-refractivity contribution is 7.99. The number of carbonyl (C=O) groups excluding carboxylic acids is 2. The van der Waals surface area contributed by atoms with Crippen molar-refractivity contribution in [3.63, 3.8) is 0 Å². The molecule has 2 heterocycles. The number of hydrogen-bond donors (Lipinski definition) is 2. The van der Waals surface area contributed by atoms with Gasteiger partial charge in [0.1, 0.15) is 5.76 Å². The van der Waals surface area contributed by atoms with Crippen molar-refractivity contribution in [2.24, 2.45) is 0 Å². The number of hydrogen-bond acceptors (Lipinski definition) is 6. The molecule has 0 saturated heterocycles. The lowest BCUT2D eigenvalue weighted by Crippen LogP contribution is -2.33. The number of fused-ring (bicyclic) bond motifs is 1. The summed E-state index contributed by atoms with van der Waals surface area (Å²) in [4.78, 5) is 42.0. The molecule has 1 atom stereocenters. The number of nitrogens with zero attached hydrogens (tertiary/aromatic N) is 2. The first-order valence-corrected chi connectivity index (χ1v) is 11.7. The predicted octanol–water partition coefficient (Wildman–Crippen LogP) is 3.09. The standard InChI is InChI=1S/C23H28N4O4S/c1-3-16(2)25-21(29)15-32-23-26-19-10-5-4-9-18(19)22(30)27(23)12-6-11-20(28)24-14-17-8-7-13-31-17/h4-5,7-10,13,16H,3,6,11-12,14-15H2,1-2H3,(H,24,28)(H,25,29)/t16-/m1/s1. The Labute approximate surface area is 190 Å². The minimum atomic E-state index is -0.170. The molecule has 0 radical (unpaired) electrons. The lowest BCUT2D eigenvalue weighted by molar-refractivity contribution is -0.121. The lowest BCUT2D eigenvalue weighted by Gasteiger charge is -2.14. The Kier molecular flexibility index (Phi) is 8.49. The molecule has 2 aromatic heterocycles. The maximum atomic E-state index is 13.1. The second-order valence-electron chi connectivity index (χ2n) is 7.49. The van der Waals surface area contributed by atoms with Crippen LogP contribution in [0.1, 0.15) is 38.9 Å². The van der Waals surface area contributed by atoms with E-state index in [1.54, 1.807) is 41.2 Å². The quantitative estimate of drug-likeness (QED) is 0.339. The highest BCUT2D eigenvalue weighted by atomic mass is 32.2. The summed E-state index contributed by atoms with van der Waals surface area (Å²) in [6.07, 6.45) is 3.13. The second-order valence-corrected chi connectivity index (χ2v) is 8.44.